The molecule has 3 rings (SSSR count). The van der Waals surface area contributed by atoms with E-state index in [4.69, 9.17) is 4.74 Å². The van der Waals surface area contributed by atoms with Crippen LogP contribution in [0.5, 0.6) is 5.75 Å². The van der Waals surface area contributed by atoms with Crippen LogP contribution in [0, 0.1) is 6.92 Å². The summed E-state index contributed by atoms with van der Waals surface area (Å²) < 4.78 is 5.95. The molecule has 0 unspecified atom stereocenters. The molecular weight excluding hydrogens is 258 g/mol. The number of ether oxygens (including phenoxy) is 1. The highest BCUT2D eigenvalue weighted by atomic mass is 16.5. The summed E-state index contributed by atoms with van der Waals surface area (Å²) in [6, 6.07) is 17.0. The van der Waals surface area contributed by atoms with Gasteiger partial charge in [0.15, 0.2) is 0 Å². The van der Waals surface area contributed by atoms with Gasteiger partial charge in [-0.2, -0.15) is 0 Å². The fourth-order valence-corrected chi connectivity index (χ4v) is 2.98. The van der Waals surface area contributed by atoms with Crippen LogP contribution >= 0.6 is 0 Å². The summed E-state index contributed by atoms with van der Waals surface area (Å²) in [5.41, 5.74) is 3.90. The molecule has 2 aromatic carbocycles. The molecule has 110 valence electrons. The number of hydrogen-bond donors (Lipinski definition) is 1. The third-order valence-corrected chi connectivity index (χ3v) is 4.25. The second kappa shape index (κ2) is 6.77. The Morgan fingerprint density at radius 3 is 2.52 bits per heavy atom. The first-order valence-corrected chi connectivity index (χ1v) is 7.81. The van der Waals surface area contributed by atoms with Gasteiger partial charge in [-0.1, -0.05) is 42.5 Å². The standard InChI is InChI=1S/C19H23NO/c1-15-13-18(17-9-11-20-12-10-17)7-8-19(15)21-14-16-5-3-2-4-6-16/h2-8,13,17,20H,9-12,14H2,1H3. The van der Waals surface area contributed by atoms with Crippen LogP contribution in [0.1, 0.15) is 35.4 Å². The fraction of sp³-hybridized carbons (Fsp3) is 0.368. The Kier molecular flexibility index (Phi) is 4.56. The molecule has 1 fully saturated rings. The van der Waals surface area contributed by atoms with Crippen LogP contribution in [0.15, 0.2) is 48.5 Å². The largest absolute Gasteiger partial charge is 0.489 e. The lowest BCUT2D eigenvalue weighted by molar-refractivity contribution is 0.304. The maximum Gasteiger partial charge on any atom is 0.122 e. The molecule has 0 spiro atoms. The highest BCUT2D eigenvalue weighted by Crippen LogP contribution is 2.29. The lowest BCUT2D eigenvalue weighted by atomic mass is 9.89. The van der Waals surface area contributed by atoms with Crippen molar-refractivity contribution in [2.75, 3.05) is 13.1 Å². The second-order valence-corrected chi connectivity index (χ2v) is 5.82. The van der Waals surface area contributed by atoms with Gasteiger partial charge in [0.25, 0.3) is 0 Å². The molecule has 1 saturated heterocycles. The summed E-state index contributed by atoms with van der Waals surface area (Å²) in [7, 11) is 0. The van der Waals surface area contributed by atoms with Gasteiger partial charge in [0.05, 0.1) is 0 Å². The first-order chi connectivity index (χ1) is 10.3. The van der Waals surface area contributed by atoms with Gasteiger partial charge in [0.2, 0.25) is 0 Å². The van der Waals surface area contributed by atoms with Gasteiger partial charge in [-0.15, -0.1) is 0 Å². The molecule has 1 aliphatic heterocycles. The van der Waals surface area contributed by atoms with Crippen LogP contribution in [0.25, 0.3) is 0 Å². The monoisotopic (exact) mass is 281 g/mol. The fourth-order valence-electron chi connectivity index (χ4n) is 2.98. The molecule has 2 aromatic rings. The van der Waals surface area contributed by atoms with Gasteiger partial charge in [0.1, 0.15) is 12.4 Å². The van der Waals surface area contributed by atoms with Gasteiger partial charge < -0.3 is 10.1 Å². The van der Waals surface area contributed by atoms with Gasteiger partial charge in [-0.3, -0.25) is 0 Å². The number of nitrogens with one attached hydrogen (secondary N) is 1. The predicted molar refractivity (Wildman–Crippen MR) is 86.8 cm³/mol. The summed E-state index contributed by atoms with van der Waals surface area (Å²) >= 11 is 0. The molecule has 1 heterocycles. The molecule has 0 aromatic heterocycles. The predicted octanol–water partition coefficient (Wildman–Crippen LogP) is 4.04. The van der Waals surface area contributed by atoms with Crippen molar-refractivity contribution < 1.29 is 4.74 Å². The quantitative estimate of drug-likeness (QED) is 0.913. The third-order valence-electron chi connectivity index (χ3n) is 4.25. The van der Waals surface area contributed by atoms with Crippen LogP contribution in [0.3, 0.4) is 0 Å². The van der Waals surface area contributed by atoms with E-state index in [1.807, 2.05) is 18.2 Å². The van der Waals surface area contributed by atoms with E-state index in [1.54, 1.807) is 0 Å². The molecule has 0 bridgehead atoms. The maximum atomic E-state index is 5.95. The van der Waals surface area contributed by atoms with Gasteiger partial charge in [-0.25, -0.2) is 0 Å². The van der Waals surface area contributed by atoms with Crippen molar-refractivity contribution in [3.8, 4) is 5.75 Å². The number of benzene rings is 2. The Bertz CT molecular complexity index is 573. The smallest absolute Gasteiger partial charge is 0.122 e. The topological polar surface area (TPSA) is 21.3 Å². The molecule has 2 heteroatoms. The highest BCUT2D eigenvalue weighted by molar-refractivity contribution is 5.38. The summed E-state index contributed by atoms with van der Waals surface area (Å²) in [6.07, 6.45) is 2.48. The van der Waals surface area contributed by atoms with Crippen molar-refractivity contribution in [2.45, 2.75) is 32.3 Å². The van der Waals surface area contributed by atoms with E-state index >= 15 is 0 Å². The molecule has 1 aliphatic rings. The van der Waals surface area contributed by atoms with E-state index in [-0.39, 0.29) is 0 Å². The van der Waals surface area contributed by atoms with E-state index in [2.05, 4.69) is 42.6 Å². The van der Waals surface area contributed by atoms with Crippen molar-refractivity contribution in [2.24, 2.45) is 0 Å². The average Bonchev–Trinajstić information content (AvgIpc) is 2.55. The Balaban J connectivity index is 1.66. The zero-order valence-corrected chi connectivity index (χ0v) is 12.6. The number of rotatable bonds is 4. The van der Waals surface area contributed by atoms with Crippen molar-refractivity contribution in [3.05, 3.63) is 65.2 Å². The zero-order valence-electron chi connectivity index (χ0n) is 12.6. The number of piperidine rings is 1. The minimum Gasteiger partial charge on any atom is -0.489 e. The Morgan fingerprint density at radius 2 is 1.81 bits per heavy atom. The van der Waals surface area contributed by atoms with E-state index in [0.717, 1.165) is 18.8 Å². The average molecular weight is 281 g/mol. The molecule has 0 radical (unpaired) electrons. The van der Waals surface area contributed by atoms with E-state index in [9.17, 15) is 0 Å². The molecule has 0 atom stereocenters. The normalized spacial score (nSPS) is 15.9. The summed E-state index contributed by atoms with van der Waals surface area (Å²) in [6.45, 7) is 5.05. The molecule has 21 heavy (non-hydrogen) atoms. The lowest BCUT2D eigenvalue weighted by Gasteiger charge is -2.23. The van der Waals surface area contributed by atoms with Crippen LogP contribution < -0.4 is 10.1 Å². The van der Waals surface area contributed by atoms with Crippen molar-refractivity contribution >= 4 is 0 Å². The number of hydrogen-bond acceptors (Lipinski definition) is 2. The molecule has 0 saturated carbocycles. The Labute approximate surface area is 127 Å². The minimum absolute atomic E-state index is 0.633. The van der Waals surface area contributed by atoms with E-state index < -0.39 is 0 Å². The molecule has 1 N–H and O–H groups in total. The van der Waals surface area contributed by atoms with Crippen LogP contribution in [-0.2, 0) is 6.61 Å². The summed E-state index contributed by atoms with van der Waals surface area (Å²) in [5, 5.41) is 3.42. The minimum atomic E-state index is 0.633. The summed E-state index contributed by atoms with van der Waals surface area (Å²) in [4.78, 5) is 0. The zero-order chi connectivity index (χ0) is 14.5. The highest BCUT2D eigenvalue weighted by Gasteiger charge is 2.15. The summed E-state index contributed by atoms with van der Waals surface area (Å²) in [5.74, 6) is 1.70. The first kappa shape index (κ1) is 14.2. The van der Waals surface area contributed by atoms with Crippen molar-refractivity contribution in [1.82, 2.24) is 5.32 Å². The number of aryl methyl sites for hydroxylation is 1. The molecule has 0 aliphatic carbocycles. The van der Waals surface area contributed by atoms with Crippen molar-refractivity contribution in [1.29, 1.82) is 0 Å². The van der Waals surface area contributed by atoms with Crippen LogP contribution in [0.4, 0.5) is 0 Å². The van der Waals surface area contributed by atoms with E-state index in [0.29, 0.717) is 12.5 Å². The van der Waals surface area contributed by atoms with Gasteiger partial charge >= 0.3 is 0 Å². The molecule has 0 amide bonds. The van der Waals surface area contributed by atoms with Gasteiger partial charge in [-0.05, 0) is 61.5 Å². The molecular formula is C19H23NO. The van der Waals surface area contributed by atoms with Crippen LogP contribution in [0.2, 0.25) is 0 Å². The third kappa shape index (κ3) is 3.64. The second-order valence-electron chi connectivity index (χ2n) is 5.82. The maximum absolute atomic E-state index is 5.95. The Morgan fingerprint density at radius 1 is 1.05 bits per heavy atom. The van der Waals surface area contributed by atoms with E-state index in [1.165, 1.54) is 29.5 Å². The Hall–Kier alpha value is -1.80. The SMILES string of the molecule is Cc1cc(C2CCNCC2)ccc1OCc1ccccc1. The molecule has 2 nitrogen and oxygen atoms in total. The van der Waals surface area contributed by atoms with Gasteiger partial charge in [0, 0.05) is 0 Å². The van der Waals surface area contributed by atoms with Crippen LogP contribution in [-0.4, -0.2) is 13.1 Å². The lowest BCUT2D eigenvalue weighted by Crippen LogP contribution is -2.26. The first-order valence-electron chi connectivity index (χ1n) is 7.81. The van der Waals surface area contributed by atoms with Crippen molar-refractivity contribution in [3.63, 3.8) is 0 Å².